The van der Waals surface area contributed by atoms with Crippen LogP contribution >= 0.6 is 0 Å². The van der Waals surface area contributed by atoms with Gasteiger partial charge in [0.1, 0.15) is 0 Å². The van der Waals surface area contributed by atoms with Crippen molar-refractivity contribution in [3.8, 4) is 11.3 Å². The Kier molecular flexibility index (Phi) is 7.36. The number of rotatable bonds is 7. The van der Waals surface area contributed by atoms with E-state index in [1.165, 1.54) is 5.56 Å². The predicted molar refractivity (Wildman–Crippen MR) is 118 cm³/mol. The summed E-state index contributed by atoms with van der Waals surface area (Å²) in [6, 6.07) is 15.4. The van der Waals surface area contributed by atoms with Crippen LogP contribution < -0.4 is 15.1 Å². The van der Waals surface area contributed by atoms with Crippen LogP contribution in [0.4, 0.5) is 0 Å². The van der Waals surface area contributed by atoms with E-state index < -0.39 is 0 Å². The van der Waals surface area contributed by atoms with Crippen molar-refractivity contribution in [2.75, 3.05) is 7.05 Å². The normalized spacial score (nSPS) is 10.5. The smallest absolute Gasteiger partial charge is 0.0587 e. The van der Waals surface area contributed by atoms with Gasteiger partial charge in [0, 0.05) is 0 Å². The summed E-state index contributed by atoms with van der Waals surface area (Å²) in [6.07, 6.45) is 3.76. The van der Waals surface area contributed by atoms with E-state index in [-0.39, 0.29) is 17.5 Å². The van der Waals surface area contributed by atoms with Gasteiger partial charge in [-0.3, -0.25) is 0 Å². The zero-order chi connectivity index (χ0) is 21.5. The zero-order valence-corrected chi connectivity index (χ0v) is 18.9. The molecule has 3 aromatic rings. The quantitative estimate of drug-likeness (QED) is 0.528. The number of nitrogens with one attached hydrogen (secondary N) is 2. The van der Waals surface area contributed by atoms with Crippen molar-refractivity contribution in [3.05, 3.63) is 77.1 Å². The van der Waals surface area contributed by atoms with E-state index in [1.807, 2.05) is 18.2 Å². The van der Waals surface area contributed by atoms with Crippen LogP contribution in [0.5, 0.6) is 0 Å². The van der Waals surface area contributed by atoms with E-state index in [0.717, 1.165) is 24.0 Å². The Hall–Kier alpha value is -2.98. The van der Waals surface area contributed by atoms with Crippen molar-refractivity contribution >= 4 is 33.1 Å². The molecule has 1 aromatic heterocycles. The average Bonchev–Trinajstić information content (AvgIpc) is 2.78. The van der Waals surface area contributed by atoms with Crippen LogP contribution in [0.15, 0.2) is 54.7 Å². The van der Waals surface area contributed by atoms with Crippen LogP contribution in [0.2, 0.25) is 0 Å². The third-order valence-corrected chi connectivity index (χ3v) is 5.32. The number of hydrogen-bond acceptors (Lipinski definition) is 4. The molecule has 0 bridgehead atoms. The molecular weight excluding hydrogens is 439 g/mol. The minimum Gasteiger partial charge on any atom is -0.0587 e. The van der Waals surface area contributed by atoms with Crippen LogP contribution in [0.25, 0.3) is 11.3 Å². The molecule has 0 saturated heterocycles. The number of amides is 2. The first kappa shape index (κ1) is 21.7. The fraction of sp³-hybridized carbons (Fsp3) is 0.217. The molecule has 6 nitrogen and oxygen atoms in total. The van der Waals surface area contributed by atoms with Gasteiger partial charge in [-0.1, -0.05) is 25.5 Å². The van der Waals surface area contributed by atoms with Gasteiger partial charge in [0.15, 0.2) is 0 Å². The summed E-state index contributed by atoms with van der Waals surface area (Å²) < 4.78 is 0.490. The summed E-state index contributed by atoms with van der Waals surface area (Å²) in [7, 11) is 1.55. The monoisotopic (exact) mass is 462 g/mol. The predicted octanol–water partition coefficient (Wildman–Crippen LogP) is 2.18. The van der Waals surface area contributed by atoms with Gasteiger partial charge in [0.25, 0.3) is 0 Å². The molecule has 0 unspecified atom stereocenters. The maximum absolute atomic E-state index is 12.6. The number of hydrogen-bond donors (Lipinski definition) is 2. The summed E-state index contributed by atoms with van der Waals surface area (Å²) >= 11 is 2.24. The number of nitrogens with zero attached hydrogens (tertiary/aromatic N) is 2. The molecule has 2 radical (unpaired) electrons. The first-order valence-corrected chi connectivity index (χ1v) is 10.7. The molecule has 2 amide bonds. The molecule has 1 heterocycles. The SMILES string of the molecule is CCCc1ccc(CNC(=O)c2cccc(-c3cnc([As])c(C(=O)NC)n3)c2)cc1. The molecule has 2 N–H and O–H groups in total. The van der Waals surface area contributed by atoms with E-state index in [2.05, 4.69) is 56.5 Å². The number of aromatic nitrogens is 2. The van der Waals surface area contributed by atoms with E-state index in [0.29, 0.717) is 22.3 Å². The Morgan fingerprint density at radius 3 is 2.47 bits per heavy atom. The molecule has 0 aliphatic carbocycles. The second-order valence-electron chi connectivity index (χ2n) is 6.84. The molecule has 0 atom stereocenters. The first-order valence-electron chi connectivity index (χ1n) is 9.76. The molecule has 0 spiro atoms. The topological polar surface area (TPSA) is 84.0 Å². The van der Waals surface area contributed by atoms with Gasteiger partial charge in [-0.15, -0.1) is 0 Å². The molecular formula is C23H23AsN4O2. The Morgan fingerprint density at radius 2 is 1.77 bits per heavy atom. The van der Waals surface area contributed by atoms with Gasteiger partial charge in [-0.2, -0.15) is 0 Å². The Labute approximate surface area is 185 Å². The van der Waals surface area contributed by atoms with Crippen molar-refractivity contribution in [2.24, 2.45) is 0 Å². The van der Waals surface area contributed by atoms with Crippen LogP contribution in [0.1, 0.15) is 45.3 Å². The van der Waals surface area contributed by atoms with E-state index in [1.54, 1.807) is 31.4 Å². The van der Waals surface area contributed by atoms with Crippen molar-refractivity contribution in [2.45, 2.75) is 26.3 Å². The van der Waals surface area contributed by atoms with Gasteiger partial charge in [-0.25, -0.2) is 0 Å². The summed E-state index contributed by atoms with van der Waals surface area (Å²) in [5.74, 6) is -0.475. The van der Waals surface area contributed by atoms with Gasteiger partial charge >= 0.3 is 148 Å². The standard InChI is InChI=1S/C23H23AsN4O2/c1-3-5-15-8-10-16(11-9-15)13-27-22(29)18-7-4-6-17(12-18)19-14-26-21(24)20(28-19)23(30)25-2/h4,6-12,14H,3,5,13H2,1-2H3,(H,25,30)(H,27,29). The van der Waals surface area contributed by atoms with Crippen LogP contribution in [0.3, 0.4) is 0 Å². The molecule has 0 fully saturated rings. The molecule has 3 rings (SSSR count). The summed E-state index contributed by atoms with van der Waals surface area (Å²) in [4.78, 5) is 33.3. The minimum absolute atomic E-state index is 0.169. The van der Waals surface area contributed by atoms with E-state index in [9.17, 15) is 9.59 Å². The molecule has 0 aliphatic heterocycles. The van der Waals surface area contributed by atoms with E-state index in [4.69, 9.17) is 0 Å². The number of benzene rings is 2. The molecule has 0 aliphatic rings. The van der Waals surface area contributed by atoms with Crippen LogP contribution in [-0.4, -0.2) is 45.7 Å². The van der Waals surface area contributed by atoms with E-state index >= 15 is 0 Å². The molecule has 0 saturated carbocycles. The molecule has 2 aromatic carbocycles. The summed E-state index contributed by atoms with van der Waals surface area (Å²) in [6.45, 7) is 2.61. The van der Waals surface area contributed by atoms with Crippen LogP contribution in [-0.2, 0) is 13.0 Å². The first-order chi connectivity index (χ1) is 14.5. The van der Waals surface area contributed by atoms with Crippen LogP contribution in [0, 0.1) is 0 Å². The molecule has 30 heavy (non-hydrogen) atoms. The van der Waals surface area contributed by atoms with Crippen molar-refractivity contribution in [1.29, 1.82) is 0 Å². The number of carbonyl (C=O) groups is 2. The number of carbonyl (C=O) groups excluding carboxylic acids is 2. The van der Waals surface area contributed by atoms with Gasteiger partial charge in [-0.05, 0) is 12.0 Å². The summed E-state index contributed by atoms with van der Waals surface area (Å²) in [5.41, 5.74) is 4.37. The Balaban J connectivity index is 1.73. The fourth-order valence-electron chi connectivity index (χ4n) is 3.01. The average molecular weight is 462 g/mol. The van der Waals surface area contributed by atoms with Gasteiger partial charge in [0.2, 0.25) is 0 Å². The third-order valence-electron chi connectivity index (χ3n) is 4.63. The second kappa shape index (κ2) is 10.2. The number of aryl methyl sites for hydroxylation is 1. The zero-order valence-electron chi connectivity index (χ0n) is 17.0. The Bertz CT molecular complexity index is 1050. The molecule has 7 heteroatoms. The fourth-order valence-corrected chi connectivity index (χ4v) is 3.45. The van der Waals surface area contributed by atoms with Crippen molar-refractivity contribution in [1.82, 2.24) is 20.6 Å². The van der Waals surface area contributed by atoms with Gasteiger partial charge < -0.3 is 0 Å². The second-order valence-corrected chi connectivity index (χ2v) is 7.73. The minimum atomic E-state index is -0.307. The van der Waals surface area contributed by atoms with Crippen molar-refractivity contribution in [3.63, 3.8) is 0 Å². The Morgan fingerprint density at radius 1 is 1.03 bits per heavy atom. The summed E-state index contributed by atoms with van der Waals surface area (Å²) in [5, 5.41) is 5.51. The van der Waals surface area contributed by atoms with Gasteiger partial charge in [0.05, 0.1) is 0 Å². The molecule has 152 valence electrons. The van der Waals surface area contributed by atoms with Crippen molar-refractivity contribution < 1.29 is 9.59 Å². The third kappa shape index (κ3) is 5.33. The maximum atomic E-state index is 12.6.